The summed E-state index contributed by atoms with van der Waals surface area (Å²) in [6.45, 7) is 4.22. The van der Waals surface area contributed by atoms with Crippen molar-refractivity contribution in [2.24, 2.45) is 0 Å². The van der Waals surface area contributed by atoms with E-state index < -0.39 is 0 Å². The molecule has 0 radical (unpaired) electrons. The fourth-order valence-corrected chi connectivity index (χ4v) is 5.79. The average molecular weight is 428 g/mol. The van der Waals surface area contributed by atoms with Gasteiger partial charge in [-0.25, -0.2) is 4.98 Å². The lowest BCUT2D eigenvalue weighted by atomic mass is 9.97. The van der Waals surface area contributed by atoms with Crippen molar-refractivity contribution in [3.63, 3.8) is 0 Å². The van der Waals surface area contributed by atoms with Crippen LogP contribution in [0.2, 0.25) is 0 Å². The summed E-state index contributed by atoms with van der Waals surface area (Å²) in [6.07, 6.45) is 4.37. The van der Waals surface area contributed by atoms with Crippen molar-refractivity contribution in [3.8, 4) is 0 Å². The summed E-state index contributed by atoms with van der Waals surface area (Å²) in [5.74, 6) is 1.76. The monoisotopic (exact) mass is 427 g/mol. The highest BCUT2D eigenvalue weighted by Gasteiger charge is 2.19. The molecule has 1 aliphatic rings. The molecule has 0 bridgehead atoms. The van der Waals surface area contributed by atoms with Crippen LogP contribution in [0.1, 0.15) is 54.4 Å². The van der Waals surface area contributed by atoms with Gasteiger partial charge in [-0.1, -0.05) is 32.0 Å². The number of rotatable bonds is 6. The predicted octanol–water partition coefficient (Wildman–Crippen LogP) is 4.86. The maximum absolute atomic E-state index is 12.6. The van der Waals surface area contributed by atoms with Crippen LogP contribution in [-0.4, -0.2) is 21.6 Å². The van der Waals surface area contributed by atoms with E-state index in [1.165, 1.54) is 28.6 Å². The third-order valence-electron chi connectivity index (χ3n) is 5.20. The number of carbonyl (C=O) groups excluding carboxylic acids is 1. The number of hydrogen-bond acceptors (Lipinski definition) is 5. The van der Waals surface area contributed by atoms with Crippen LogP contribution in [0.15, 0.2) is 29.1 Å². The Morgan fingerprint density at radius 1 is 1.28 bits per heavy atom. The molecule has 2 aromatic heterocycles. The number of hydrogen-bond donors (Lipinski definition) is 2. The van der Waals surface area contributed by atoms with Gasteiger partial charge in [0.25, 0.3) is 5.56 Å². The Morgan fingerprint density at radius 3 is 2.90 bits per heavy atom. The van der Waals surface area contributed by atoms with Gasteiger partial charge in [-0.15, -0.1) is 23.1 Å². The first kappa shape index (κ1) is 20.2. The van der Waals surface area contributed by atoms with E-state index in [2.05, 4.69) is 29.1 Å². The van der Waals surface area contributed by atoms with E-state index in [1.807, 2.05) is 24.3 Å². The molecule has 152 valence electrons. The van der Waals surface area contributed by atoms with E-state index in [9.17, 15) is 9.59 Å². The Kier molecular flexibility index (Phi) is 6.06. The number of para-hydroxylation sites is 1. The molecule has 0 atom stereocenters. The Morgan fingerprint density at radius 2 is 2.07 bits per heavy atom. The minimum absolute atomic E-state index is 0.0414. The maximum Gasteiger partial charge on any atom is 0.259 e. The zero-order valence-electron chi connectivity index (χ0n) is 16.7. The van der Waals surface area contributed by atoms with Crippen molar-refractivity contribution in [3.05, 3.63) is 56.4 Å². The van der Waals surface area contributed by atoms with Gasteiger partial charge < -0.3 is 10.3 Å². The summed E-state index contributed by atoms with van der Waals surface area (Å²) in [4.78, 5) is 34.7. The van der Waals surface area contributed by atoms with Crippen molar-refractivity contribution >= 4 is 44.9 Å². The van der Waals surface area contributed by atoms with Gasteiger partial charge in [0.1, 0.15) is 10.7 Å². The molecule has 0 saturated heterocycles. The highest BCUT2D eigenvalue weighted by Crippen LogP contribution is 2.33. The molecule has 0 fully saturated rings. The highest BCUT2D eigenvalue weighted by atomic mass is 32.2. The molecular weight excluding hydrogens is 402 g/mol. The van der Waals surface area contributed by atoms with Crippen molar-refractivity contribution in [2.75, 3.05) is 11.1 Å². The topological polar surface area (TPSA) is 74.8 Å². The molecule has 3 aromatic rings. The van der Waals surface area contributed by atoms with Gasteiger partial charge in [0, 0.05) is 10.6 Å². The Labute approximate surface area is 178 Å². The van der Waals surface area contributed by atoms with Gasteiger partial charge in [0.15, 0.2) is 0 Å². The number of amides is 1. The number of carbonyl (C=O) groups is 1. The summed E-state index contributed by atoms with van der Waals surface area (Å²) in [5.41, 5.74) is 3.15. The van der Waals surface area contributed by atoms with Crippen LogP contribution in [0.3, 0.4) is 0 Å². The van der Waals surface area contributed by atoms with Crippen molar-refractivity contribution in [2.45, 2.75) is 51.2 Å². The van der Waals surface area contributed by atoms with E-state index in [-0.39, 0.29) is 11.5 Å². The Balaban J connectivity index is 1.40. The van der Waals surface area contributed by atoms with Crippen LogP contribution in [0.5, 0.6) is 0 Å². The van der Waals surface area contributed by atoms with Crippen molar-refractivity contribution in [1.29, 1.82) is 0 Å². The highest BCUT2D eigenvalue weighted by molar-refractivity contribution is 7.99. The number of anilines is 1. The molecule has 4 rings (SSSR count). The zero-order chi connectivity index (χ0) is 20.4. The molecule has 0 aliphatic heterocycles. The summed E-state index contributed by atoms with van der Waals surface area (Å²) < 4.78 is 0. The lowest BCUT2D eigenvalue weighted by molar-refractivity contribution is -0.113. The first-order chi connectivity index (χ1) is 14.0. The van der Waals surface area contributed by atoms with Crippen molar-refractivity contribution in [1.82, 2.24) is 9.97 Å². The average Bonchev–Trinajstić information content (AvgIpc) is 3.07. The summed E-state index contributed by atoms with van der Waals surface area (Å²) in [6, 6.07) is 7.89. The van der Waals surface area contributed by atoms with Crippen LogP contribution < -0.4 is 10.9 Å². The number of thiophene rings is 1. The fourth-order valence-electron chi connectivity index (χ4n) is 3.82. The Hall–Kier alpha value is -2.12. The first-order valence-electron chi connectivity index (χ1n) is 10.0. The van der Waals surface area contributed by atoms with Gasteiger partial charge in [-0.2, -0.15) is 0 Å². The minimum atomic E-state index is -0.0434. The number of nitrogens with one attached hydrogen (secondary N) is 2. The van der Waals surface area contributed by atoms with Crippen LogP contribution in [-0.2, 0) is 23.4 Å². The maximum atomic E-state index is 12.6. The molecule has 29 heavy (non-hydrogen) atoms. The number of aryl methyl sites for hydroxylation is 2. The second kappa shape index (κ2) is 8.71. The van der Waals surface area contributed by atoms with E-state index in [0.29, 0.717) is 23.2 Å². The number of aromatic amines is 1. The number of H-pyrrole nitrogens is 1. The Bertz CT molecular complexity index is 1100. The molecule has 2 N–H and O–H groups in total. The van der Waals surface area contributed by atoms with Crippen LogP contribution >= 0.6 is 23.1 Å². The van der Waals surface area contributed by atoms with Gasteiger partial charge >= 0.3 is 0 Å². The van der Waals surface area contributed by atoms with Crippen LogP contribution in [0, 0.1) is 0 Å². The van der Waals surface area contributed by atoms with E-state index in [1.54, 1.807) is 11.3 Å². The summed E-state index contributed by atoms with van der Waals surface area (Å²) in [5, 5.41) is 3.78. The molecule has 0 spiro atoms. The number of fused-ring (bicyclic) bond motifs is 3. The molecule has 2 heterocycles. The van der Waals surface area contributed by atoms with E-state index in [4.69, 9.17) is 0 Å². The molecule has 0 saturated carbocycles. The molecule has 5 nitrogen and oxygen atoms in total. The number of benzene rings is 1. The molecule has 1 aromatic carbocycles. The second-order valence-electron chi connectivity index (χ2n) is 7.69. The largest absolute Gasteiger partial charge is 0.325 e. The quantitative estimate of drug-likeness (QED) is 0.589. The van der Waals surface area contributed by atoms with Gasteiger partial charge in [-0.05, 0) is 48.8 Å². The molecule has 1 aliphatic carbocycles. The smallest absolute Gasteiger partial charge is 0.259 e. The van der Waals surface area contributed by atoms with E-state index in [0.717, 1.165) is 40.7 Å². The first-order valence-corrected chi connectivity index (χ1v) is 12.0. The summed E-state index contributed by atoms with van der Waals surface area (Å²) >= 11 is 3.11. The van der Waals surface area contributed by atoms with Crippen LogP contribution in [0.25, 0.3) is 10.2 Å². The molecular formula is C22H25N3O2S2. The summed E-state index contributed by atoms with van der Waals surface area (Å²) in [7, 11) is 0. The van der Waals surface area contributed by atoms with E-state index >= 15 is 0 Å². The predicted molar refractivity (Wildman–Crippen MR) is 122 cm³/mol. The molecule has 7 heteroatoms. The standard InChI is InChI=1S/C22H25N3O2S2/c1-13(2)14-7-3-5-9-16(14)23-19(26)12-28-11-18-24-21(27)20-15-8-4-6-10-17(15)29-22(20)25-18/h3,5,7,9,13H,4,6,8,10-12H2,1-2H3,(H,23,26)(H,24,25,27). The fraction of sp³-hybridized carbons (Fsp3) is 0.409. The lowest BCUT2D eigenvalue weighted by Gasteiger charge is -2.13. The van der Waals surface area contributed by atoms with Gasteiger partial charge in [0.2, 0.25) is 5.91 Å². The SMILES string of the molecule is CC(C)c1ccccc1NC(=O)CSCc1nc2sc3c(c2c(=O)[nH]1)CCCC3. The molecule has 0 unspecified atom stereocenters. The number of nitrogens with zero attached hydrogens (tertiary/aromatic N) is 1. The zero-order valence-corrected chi connectivity index (χ0v) is 18.3. The van der Waals surface area contributed by atoms with Gasteiger partial charge in [0.05, 0.1) is 16.9 Å². The molecule has 1 amide bonds. The van der Waals surface area contributed by atoms with Crippen LogP contribution in [0.4, 0.5) is 5.69 Å². The third kappa shape index (κ3) is 4.41. The second-order valence-corrected chi connectivity index (χ2v) is 9.76. The number of thioether (sulfide) groups is 1. The number of aromatic nitrogens is 2. The lowest BCUT2D eigenvalue weighted by Crippen LogP contribution is -2.16. The third-order valence-corrected chi connectivity index (χ3v) is 7.33. The van der Waals surface area contributed by atoms with Gasteiger partial charge in [-0.3, -0.25) is 9.59 Å². The normalized spacial score (nSPS) is 13.6. The minimum Gasteiger partial charge on any atom is -0.325 e. The van der Waals surface area contributed by atoms with Crippen molar-refractivity contribution < 1.29 is 4.79 Å².